The molecule has 10 rings (SSSR count). The van der Waals surface area contributed by atoms with E-state index in [1.54, 1.807) is 0 Å². The molecular weight excluding hydrogens is 619 g/mol. The van der Waals surface area contributed by atoms with Crippen LogP contribution in [0.5, 0.6) is 0 Å². The van der Waals surface area contributed by atoms with Gasteiger partial charge in [0.05, 0.1) is 17.1 Å². The minimum atomic E-state index is -0.137. The van der Waals surface area contributed by atoms with E-state index in [0.29, 0.717) is 0 Å². The van der Waals surface area contributed by atoms with E-state index in [-0.39, 0.29) is 5.41 Å². The Balaban J connectivity index is 1.29. The van der Waals surface area contributed by atoms with Gasteiger partial charge in [0.2, 0.25) is 0 Å². The predicted octanol–water partition coefficient (Wildman–Crippen LogP) is 13.8. The lowest BCUT2D eigenvalue weighted by Crippen LogP contribution is -2.16. The van der Waals surface area contributed by atoms with Crippen molar-refractivity contribution in [3.63, 3.8) is 0 Å². The summed E-state index contributed by atoms with van der Waals surface area (Å²) in [4.78, 5) is 2.46. The standard InChI is InChI=1S/C49H35NO/c1-49(2)41-24-10-8-21-39(41)47-42(49)25-14-27-44(47)50(43-26-11-9-20-37(43)36-22-12-18-33-17-6-7-19-35(33)36)45-28-13-23-38-40-31-34(32-15-4-3-5-16-32)29-30-46(40)51-48(38)45/h3-31H,1-2H3. The molecule has 0 radical (unpaired) electrons. The van der Waals surface area contributed by atoms with Crippen molar-refractivity contribution < 1.29 is 4.42 Å². The first-order valence-electron chi connectivity index (χ1n) is 17.7. The molecule has 0 amide bonds. The fourth-order valence-corrected chi connectivity index (χ4v) is 8.44. The Labute approximate surface area is 297 Å². The summed E-state index contributed by atoms with van der Waals surface area (Å²) in [6.45, 7) is 4.69. The number of rotatable bonds is 5. The van der Waals surface area contributed by atoms with Gasteiger partial charge >= 0.3 is 0 Å². The molecule has 0 bridgehead atoms. The molecule has 0 saturated heterocycles. The van der Waals surface area contributed by atoms with Crippen molar-refractivity contribution in [3.05, 3.63) is 187 Å². The molecule has 2 heteroatoms. The molecule has 0 aliphatic heterocycles. The van der Waals surface area contributed by atoms with Gasteiger partial charge in [-0.05, 0) is 74.5 Å². The third-order valence-corrected chi connectivity index (χ3v) is 10.9. The van der Waals surface area contributed by atoms with Crippen LogP contribution in [0.3, 0.4) is 0 Å². The van der Waals surface area contributed by atoms with Crippen LogP contribution in [-0.2, 0) is 5.41 Å². The number of para-hydroxylation sites is 2. The minimum absolute atomic E-state index is 0.137. The maximum Gasteiger partial charge on any atom is 0.159 e. The van der Waals surface area contributed by atoms with Crippen LogP contribution >= 0.6 is 0 Å². The van der Waals surface area contributed by atoms with Crippen LogP contribution < -0.4 is 4.90 Å². The molecule has 1 heterocycles. The average molecular weight is 654 g/mol. The van der Waals surface area contributed by atoms with E-state index in [0.717, 1.165) is 44.6 Å². The van der Waals surface area contributed by atoms with E-state index in [4.69, 9.17) is 4.42 Å². The Bertz CT molecular complexity index is 2780. The summed E-state index contributed by atoms with van der Waals surface area (Å²) in [5.41, 5.74) is 14.8. The lowest BCUT2D eigenvalue weighted by Gasteiger charge is -2.30. The number of anilines is 3. The Kier molecular flexibility index (Phi) is 6.56. The molecular formula is C49H35NO. The Morgan fingerprint density at radius 2 is 1.06 bits per heavy atom. The van der Waals surface area contributed by atoms with Gasteiger partial charge in [-0.15, -0.1) is 0 Å². The summed E-state index contributed by atoms with van der Waals surface area (Å²) in [6, 6.07) is 63.6. The van der Waals surface area contributed by atoms with Crippen molar-refractivity contribution in [2.24, 2.45) is 0 Å². The lowest BCUT2D eigenvalue weighted by atomic mass is 9.82. The third-order valence-electron chi connectivity index (χ3n) is 10.9. The summed E-state index contributed by atoms with van der Waals surface area (Å²) < 4.78 is 6.90. The fraction of sp³-hybridized carbons (Fsp3) is 0.0612. The van der Waals surface area contributed by atoms with Gasteiger partial charge in [-0.2, -0.15) is 0 Å². The normalized spacial score (nSPS) is 13.1. The van der Waals surface area contributed by atoms with Crippen molar-refractivity contribution in [1.29, 1.82) is 0 Å². The van der Waals surface area contributed by atoms with Crippen LogP contribution in [0.2, 0.25) is 0 Å². The molecule has 0 N–H and O–H groups in total. The zero-order chi connectivity index (χ0) is 34.1. The molecule has 2 nitrogen and oxygen atoms in total. The number of hydrogen-bond donors (Lipinski definition) is 0. The molecule has 0 fully saturated rings. The van der Waals surface area contributed by atoms with Crippen LogP contribution in [0.15, 0.2) is 180 Å². The Hall–Kier alpha value is -6.38. The Morgan fingerprint density at radius 1 is 0.431 bits per heavy atom. The largest absolute Gasteiger partial charge is 0.454 e. The second-order valence-corrected chi connectivity index (χ2v) is 14.1. The summed E-state index contributed by atoms with van der Waals surface area (Å²) in [6.07, 6.45) is 0. The monoisotopic (exact) mass is 653 g/mol. The smallest absolute Gasteiger partial charge is 0.159 e. The van der Waals surface area contributed by atoms with E-state index < -0.39 is 0 Å². The molecule has 0 atom stereocenters. The summed E-state index contributed by atoms with van der Waals surface area (Å²) in [7, 11) is 0. The van der Waals surface area contributed by atoms with Crippen LogP contribution in [0.4, 0.5) is 17.1 Å². The SMILES string of the molecule is CC1(C)c2ccccc2-c2c(N(c3ccccc3-c3cccc4ccccc34)c3cccc4c3oc3ccc(-c5ccccc5)cc34)cccc21. The number of hydrogen-bond acceptors (Lipinski definition) is 2. The molecule has 1 aliphatic rings. The summed E-state index contributed by atoms with van der Waals surface area (Å²) in [5, 5.41) is 4.66. The molecule has 1 aromatic heterocycles. The van der Waals surface area contributed by atoms with Gasteiger partial charge in [-0.1, -0.05) is 159 Å². The highest BCUT2D eigenvalue weighted by Crippen LogP contribution is 2.56. The lowest BCUT2D eigenvalue weighted by molar-refractivity contribution is 0.660. The predicted molar refractivity (Wildman–Crippen MR) is 214 cm³/mol. The van der Waals surface area contributed by atoms with Crippen LogP contribution in [0, 0.1) is 0 Å². The first-order chi connectivity index (χ1) is 25.1. The van der Waals surface area contributed by atoms with Crippen LogP contribution in [0.1, 0.15) is 25.0 Å². The number of nitrogens with zero attached hydrogens (tertiary/aromatic N) is 1. The van der Waals surface area contributed by atoms with E-state index in [1.165, 1.54) is 49.7 Å². The zero-order valence-electron chi connectivity index (χ0n) is 28.6. The average Bonchev–Trinajstić information content (AvgIpc) is 3.68. The first-order valence-corrected chi connectivity index (χ1v) is 17.7. The molecule has 0 unspecified atom stereocenters. The number of benzene rings is 8. The van der Waals surface area contributed by atoms with Gasteiger partial charge < -0.3 is 9.32 Å². The van der Waals surface area contributed by atoms with E-state index in [9.17, 15) is 0 Å². The van der Waals surface area contributed by atoms with Crippen molar-refractivity contribution in [2.75, 3.05) is 4.90 Å². The van der Waals surface area contributed by atoms with E-state index in [1.807, 2.05) is 0 Å². The third kappa shape index (κ3) is 4.50. The molecule has 51 heavy (non-hydrogen) atoms. The number of furan rings is 1. The first kappa shape index (κ1) is 29.5. The van der Waals surface area contributed by atoms with Crippen molar-refractivity contribution in [3.8, 4) is 33.4 Å². The fourth-order valence-electron chi connectivity index (χ4n) is 8.44. The highest BCUT2D eigenvalue weighted by Gasteiger charge is 2.38. The molecule has 9 aromatic rings. The van der Waals surface area contributed by atoms with Gasteiger partial charge in [-0.25, -0.2) is 0 Å². The zero-order valence-corrected chi connectivity index (χ0v) is 28.6. The van der Waals surface area contributed by atoms with Gasteiger partial charge in [0.25, 0.3) is 0 Å². The van der Waals surface area contributed by atoms with Gasteiger partial charge in [0.15, 0.2) is 5.58 Å². The molecule has 0 saturated carbocycles. The molecule has 8 aromatic carbocycles. The number of fused-ring (bicyclic) bond motifs is 7. The summed E-state index contributed by atoms with van der Waals surface area (Å²) in [5.74, 6) is 0. The molecule has 0 spiro atoms. The topological polar surface area (TPSA) is 16.4 Å². The maximum atomic E-state index is 6.90. The molecule has 1 aliphatic carbocycles. The second-order valence-electron chi connectivity index (χ2n) is 14.1. The van der Waals surface area contributed by atoms with Crippen molar-refractivity contribution >= 4 is 49.8 Å². The van der Waals surface area contributed by atoms with Crippen molar-refractivity contribution in [2.45, 2.75) is 19.3 Å². The van der Waals surface area contributed by atoms with Gasteiger partial charge in [-0.3, -0.25) is 0 Å². The quantitative estimate of drug-likeness (QED) is 0.184. The van der Waals surface area contributed by atoms with E-state index in [2.05, 4.69) is 195 Å². The van der Waals surface area contributed by atoms with Crippen molar-refractivity contribution in [1.82, 2.24) is 0 Å². The highest BCUT2D eigenvalue weighted by molar-refractivity contribution is 6.13. The van der Waals surface area contributed by atoms with E-state index >= 15 is 0 Å². The summed E-state index contributed by atoms with van der Waals surface area (Å²) >= 11 is 0. The van der Waals surface area contributed by atoms with Gasteiger partial charge in [0, 0.05) is 27.3 Å². The second kappa shape index (κ2) is 11.3. The highest BCUT2D eigenvalue weighted by atomic mass is 16.3. The maximum absolute atomic E-state index is 6.90. The Morgan fingerprint density at radius 3 is 1.96 bits per heavy atom. The molecule has 242 valence electrons. The van der Waals surface area contributed by atoms with Crippen LogP contribution in [-0.4, -0.2) is 0 Å². The van der Waals surface area contributed by atoms with Gasteiger partial charge in [0.1, 0.15) is 5.58 Å². The van der Waals surface area contributed by atoms with Crippen LogP contribution in [0.25, 0.3) is 66.1 Å². The minimum Gasteiger partial charge on any atom is -0.454 e.